The van der Waals surface area contributed by atoms with Crippen LogP contribution < -0.4 is 0 Å². The van der Waals surface area contributed by atoms with Crippen molar-refractivity contribution in [2.75, 3.05) is 20.1 Å². The van der Waals surface area contributed by atoms with Crippen LogP contribution in [0.4, 0.5) is 0 Å². The molecule has 84 valence electrons. The van der Waals surface area contributed by atoms with E-state index >= 15 is 0 Å². The molecule has 1 aliphatic rings. The van der Waals surface area contributed by atoms with Crippen molar-refractivity contribution in [3.05, 3.63) is 34.8 Å². The van der Waals surface area contributed by atoms with E-state index in [0.717, 1.165) is 11.1 Å². The SMILES string of the molecule is CN1CCC(c2ncc3cccc(Br)n23)C1. The van der Waals surface area contributed by atoms with Gasteiger partial charge in [0.25, 0.3) is 0 Å². The van der Waals surface area contributed by atoms with Crippen LogP contribution in [0.3, 0.4) is 0 Å². The Kier molecular flexibility index (Phi) is 2.48. The number of aromatic nitrogens is 2. The lowest BCUT2D eigenvalue weighted by atomic mass is 10.1. The highest BCUT2D eigenvalue weighted by Crippen LogP contribution is 2.28. The number of nitrogens with zero attached hydrogens (tertiary/aromatic N) is 3. The van der Waals surface area contributed by atoms with Gasteiger partial charge in [-0.25, -0.2) is 4.98 Å². The number of imidazole rings is 1. The van der Waals surface area contributed by atoms with Crippen molar-refractivity contribution >= 4 is 21.4 Å². The van der Waals surface area contributed by atoms with Gasteiger partial charge in [0.15, 0.2) is 0 Å². The summed E-state index contributed by atoms with van der Waals surface area (Å²) in [6.45, 7) is 2.28. The van der Waals surface area contributed by atoms with Crippen molar-refractivity contribution in [1.29, 1.82) is 0 Å². The first-order chi connectivity index (χ1) is 7.75. The molecule has 0 aliphatic carbocycles. The molecule has 16 heavy (non-hydrogen) atoms. The largest absolute Gasteiger partial charge is 0.306 e. The van der Waals surface area contributed by atoms with Crippen LogP contribution in [0.2, 0.25) is 0 Å². The smallest absolute Gasteiger partial charge is 0.118 e. The van der Waals surface area contributed by atoms with E-state index in [4.69, 9.17) is 0 Å². The molecule has 3 rings (SSSR count). The van der Waals surface area contributed by atoms with Gasteiger partial charge in [0.2, 0.25) is 0 Å². The minimum atomic E-state index is 0.561. The molecule has 4 heteroatoms. The quantitative estimate of drug-likeness (QED) is 0.748. The van der Waals surface area contributed by atoms with Gasteiger partial charge in [-0.15, -0.1) is 0 Å². The molecule has 0 aromatic carbocycles. The summed E-state index contributed by atoms with van der Waals surface area (Å²) < 4.78 is 3.30. The number of fused-ring (bicyclic) bond motifs is 1. The maximum absolute atomic E-state index is 4.58. The van der Waals surface area contributed by atoms with Gasteiger partial charge in [-0.2, -0.15) is 0 Å². The van der Waals surface area contributed by atoms with E-state index < -0.39 is 0 Å². The predicted octanol–water partition coefficient (Wildman–Crippen LogP) is 2.52. The normalized spacial score (nSPS) is 22.0. The van der Waals surface area contributed by atoms with E-state index in [-0.39, 0.29) is 0 Å². The summed E-state index contributed by atoms with van der Waals surface area (Å²) in [5.74, 6) is 1.75. The van der Waals surface area contributed by atoms with Crippen LogP contribution in [-0.2, 0) is 0 Å². The zero-order valence-corrected chi connectivity index (χ0v) is 10.8. The van der Waals surface area contributed by atoms with E-state index in [1.165, 1.54) is 24.3 Å². The minimum absolute atomic E-state index is 0.561. The van der Waals surface area contributed by atoms with E-state index in [1.807, 2.05) is 12.3 Å². The maximum Gasteiger partial charge on any atom is 0.118 e. The molecular weight excluding hydrogens is 266 g/mol. The Bertz CT molecular complexity index is 520. The number of halogens is 1. The van der Waals surface area contributed by atoms with Gasteiger partial charge >= 0.3 is 0 Å². The average Bonchev–Trinajstić information content (AvgIpc) is 2.84. The number of pyridine rings is 1. The summed E-state index contributed by atoms with van der Waals surface area (Å²) in [4.78, 5) is 6.94. The Hall–Kier alpha value is -0.870. The molecule has 3 heterocycles. The topological polar surface area (TPSA) is 20.5 Å². The Morgan fingerprint density at radius 2 is 2.31 bits per heavy atom. The van der Waals surface area contributed by atoms with Crippen LogP contribution in [0, 0.1) is 0 Å². The predicted molar refractivity (Wildman–Crippen MR) is 67.7 cm³/mol. The third-order valence-corrected chi connectivity index (χ3v) is 3.91. The van der Waals surface area contributed by atoms with E-state index in [9.17, 15) is 0 Å². The Balaban J connectivity index is 2.10. The Labute approximate surface area is 103 Å². The molecule has 0 bridgehead atoms. The molecule has 2 aromatic heterocycles. The van der Waals surface area contributed by atoms with E-state index in [1.54, 1.807) is 0 Å². The molecule has 2 aromatic rings. The van der Waals surface area contributed by atoms with Crippen LogP contribution in [0.15, 0.2) is 29.0 Å². The van der Waals surface area contributed by atoms with E-state index in [0.29, 0.717) is 5.92 Å². The molecule has 0 amide bonds. The first-order valence-corrected chi connectivity index (χ1v) is 6.35. The van der Waals surface area contributed by atoms with Crippen LogP contribution in [0.1, 0.15) is 18.2 Å². The summed E-state index contributed by atoms with van der Waals surface area (Å²) in [6.07, 6.45) is 3.16. The fourth-order valence-electron chi connectivity index (χ4n) is 2.46. The van der Waals surface area contributed by atoms with Crippen molar-refractivity contribution in [3.8, 4) is 0 Å². The van der Waals surface area contributed by atoms with Crippen LogP contribution in [0.25, 0.3) is 5.52 Å². The lowest BCUT2D eigenvalue weighted by Gasteiger charge is -2.10. The lowest BCUT2D eigenvalue weighted by Crippen LogP contribution is -2.14. The van der Waals surface area contributed by atoms with Crippen molar-refractivity contribution < 1.29 is 0 Å². The van der Waals surface area contributed by atoms with Crippen molar-refractivity contribution in [2.24, 2.45) is 0 Å². The first-order valence-electron chi connectivity index (χ1n) is 5.56. The highest BCUT2D eigenvalue weighted by atomic mass is 79.9. The Morgan fingerprint density at radius 1 is 1.44 bits per heavy atom. The molecule has 1 atom stereocenters. The summed E-state index contributed by atoms with van der Waals surface area (Å²) in [7, 11) is 2.17. The highest BCUT2D eigenvalue weighted by Gasteiger charge is 2.25. The number of likely N-dealkylation sites (N-methyl/N-ethyl adjacent to an activating group) is 1. The molecule has 0 spiro atoms. The fraction of sp³-hybridized carbons (Fsp3) is 0.417. The zero-order valence-electron chi connectivity index (χ0n) is 9.23. The van der Waals surface area contributed by atoms with Crippen LogP contribution in [0.5, 0.6) is 0 Å². The van der Waals surface area contributed by atoms with Gasteiger partial charge < -0.3 is 4.90 Å². The lowest BCUT2D eigenvalue weighted by molar-refractivity contribution is 0.409. The van der Waals surface area contributed by atoms with Gasteiger partial charge in [0.05, 0.1) is 16.3 Å². The van der Waals surface area contributed by atoms with Gasteiger partial charge in [0.1, 0.15) is 5.82 Å². The molecule has 3 nitrogen and oxygen atoms in total. The van der Waals surface area contributed by atoms with Gasteiger partial charge in [0, 0.05) is 12.5 Å². The number of rotatable bonds is 1. The Morgan fingerprint density at radius 3 is 3.06 bits per heavy atom. The maximum atomic E-state index is 4.58. The monoisotopic (exact) mass is 279 g/mol. The zero-order chi connectivity index (χ0) is 11.1. The number of likely N-dealkylation sites (tertiary alicyclic amines) is 1. The first kappa shape index (κ1) is 10.3. The molecule has 1 fully saturated rings. The molecular formula is C12H14BrN3. The molecule has 0 saturated carbocycles. The second-order valence-corrected chi connectivity index (χ2v) is 5.29. The summed E-state index contributed by atoms with van der Waals surface area (Å²) in [6, 6.07) is 6.21. The van der Waals surface area contributed by atoms with Crippen molar-refractivity contribution in [1.82, 2.24) is 14.3 Å². The van der Waals surface area contributed by atoms with Crippen LogP contribution >= 0.6 is 15.9 Å². The summed E-state index contributed by atoms with van der Waals surface area (Å²) in [5, 5.41) is 0. The second-order valence-electron chi connectivity index (χ2n) is 4.47. The second kappa shape index (κ2) is 3.86. The number of hydrogen-bond acceptors (Lipinski definition) is 2. The van der Waals surface area contributed by atoms with E-state index in [2.05, 4.69) is 49.4 Å². The molecule has 1 aliphatic heterocycles. The average molecular weight is 280 g/mol. The minimum Gasteiger partial charge on any atom is -0.306 e. The highest BCUT2D eigenvalue weighted by molar-refractivity contribution is 9.10. The third kappa shape index (κ3) is 1.57. The van der Waals surface area contributed by atoms with Crippen molar-refractivity contribution in [3.63, 3.8) is 0 Å². The number of hydrogen-bond donors (Lipinski definition) is 0. The van der Waals surface area contributed by atoms with Crippen molar-refractivity contribution in [2.45, 2.75) is 12.3 Å². The third-order valence-electron chi connectivity index (χ3n) is 3.29. The molecule has 0 N–H and O–H groups in total. The van der Waals surface area contributed by atoms with Crippen LogP contribution in [-0.4, -0.2) is 34.4 Å². The standard InChI is InChI=1S/C12H14BrN3/c1-15-6-5-9(8-15)12-14-7-10-3-2-4-11(13)16(10)12/h2-4,7,9H,5-6,8H2,1H3. The summed E-state index contributed by atoms with van der Waals surface area (Å²) in [5.41, 5.74) is 1.17. The van der Waals surface area contributed by atoms with Gasteiger partial charge in [-0.1, -0.05) is 6.07 Å². The fourth-order valence-corrected chi connectivity index (χ4v) is 3.00. The van der Waals surface area contributed by atoms with Gasteiger partial charge in [-0.3, -0.25) is 4.40 Å². The van der Waals surface area contributed by atoms with Gasteiger partial charge in [-0.05, 0) is 48.1 Å². The summed E-state index contributed by atoms with van der Waals surface area (Å²) >= 11 is 3.60. The molecule has 1 unspecified atom stereocenters. The molecule has 1 saturated heterocycles. The molecule has 0 radical (unpaired) electrons.